The molecule has 4 rings (SSSR count). The number of aromatic hydroxyl groups is 2. The van der Waals surface area contributed by atoms with Crippen LogP contribution in [0.25, 0.3) is 0 Å². The summed E-state index contributed by atoms with van der Waals surface area (Å²) in [7, 11) is 0. The Labute approximate surface area is 844 Å². The van der Waals surface area contributed by atoms with Crippen molar-refractivity contribution in [2.24, 2.45) is 34.1 Å². The van der Waals surface area contributed by atoms with Gasteiger partial charge in [-0.05, 0) is 152 Å². The molecule has 15 amide bonds. The predicted octanol–water partition coefficient (Wildman–Crippen LogP) is -12.2. The van der Waals surface area contributed by atoms with Crippen LogP contribution in [0.1, 0.15) is 135 Å². The first-order chi connectivity index (χ1) is 69.6. The molecule has 0 aromatic heterocycles. The SMILES string of the molecule is C[C@@H]1NC(=O)C(C)(C)CCC/C=C\CCC[C@@](C)(C(=O)N[C@@H](N[C@@H](C=O)Cc2ccccc2)C(=O)N[C@@H](N[C@@H](C=O)CC(N)=O)C(=O)NC(N[C@@H](C)C=O)C(=O)N[C@@H](N[C@@H](C=O)Cc2ccc(O)cc2)C(=O)N[C@H](N[C@@H](C=O)Cc2ccc(O)cc2)C(=O)N[C@@H](N[C@@H](C)C=O)C(=O)N[C@@H](N[C@@H](C=O)CCCNC(=N)N)C(=O)N[C@@H](N[C@@H](C=O)CCCNC(=N)N)C(N)=O)NC(=O)[C@H](N[C@@H](C=O)CC(N)=O)NC(=O)CNC1=O. The fourth-order valence-electron chi connectivity index (χ4n) is 14.1. The molecule has 147 heavy (non-hydrogen) atoms. The second-order valence-corrected chi connectivity index (χ2v) is 35.1. The van der Waals surface area contributed by atoms with E-state index in [0.717, 1.165) is 20.8 Å². The van der Waals surface area contributed by atoms with Crippen molar-refractivity contribution in [1.82, 2.24) is 122 Å². The third-order valence-corrected chi connectivity index (χ3v) is 22.1. The molecule has 0 radical (unpaired) electrons. The summed E-state index contributed by atoms with van der Waals surface area (Å²) in [6, 6.07) is 2.75. The largest absolute Gasteiger partial charge is 0.508 e. The minimum Gasteiger partial charge on any atom is -0.508 e. The molecule has 37 N–H and O–H groups in total. The number of allylic oxidation sites excluding steroid dienone is 2. The Hall–Kier alpha value is -15.7. The van der Waals surface area contributed by atoms with E-state index in [2.05, 4.69) is 122 Å². The monoisotopic (exact) mass is 2060 g/mol. The first kappa shape index (κ1) is 124. The van der Waals surface area contributed by atoms with Crippen LogP contribution in [0.4, 0.5) is 0 Å². The molecule has 0 aliphatic carbocycles. The molecule has 3 aromatic rings. The maximum atomic E-state index is 15.6. The third-order valence-electron chi connectivity index (χ3n) is 22.1. The van der Waals surface area contributed by atoms with Crippen LogP contribution in [0.2, 0.25) is 0 Å². The Bertz CT molecular complexity index is 5070. The summed E-state index contributed by atoms with van der Waals surface area (Å²) in [6.45, 7) is 7.20. The summed E-state index contributed by atoms with van der Waals surface area (Å²) >= 11 is 0. The lowest BCUT2D eigenvalue weighted by molar-refractivity contribution is -0.139. The third kappa shape index (κ3) is 46.2. The Kier molecular flexibility index (Phi) is 53.9. The molecule has 0 saturated carbocycles. The minimum absolute atomic E-state index is 0.0174. The van der Waals surface area contributed by atoms with Crippen LogP contribution in [0.5, 0.6) is 11.5 Å². The molecule has 1 unspecified atom stereocenters. The van der Waals surface area contributed by atoms with Crippen LogP contribution in [-0.2, 0) is 134 Å². The highest BCUT2D eigenvalue weighted by Crippen LogP contribution is 2.25. The predicted molar refractivity (Wildman–Crippen MR) is 522 cm³/mol. The van der Waals surface area contributed by atoms with Gasteiger partial charge in [-0.2, -0.15) is 0 Å². The second-order valence-electron chi connectivity index (χ2n) is 35.1. The van der Waals surface area contributed by atoms with Gasteiger partial charge in [-0.25, -0.2) is 0 Å². The van der Waals surface area contributed by atoms with Gasteiger partial charge in [0.25, 0.3) is 53.2 Å². The summed E-state index contributed by atoms with van der Waals surface area (Å²) < 4.78 is 0. The summed E-state index contributed by atoms with van der Waals surface area (Å²) in [5.74, 6) is -21.2. The van der Waals surface area contributed by atoms with Crippen molar-refractivity contribution < 1.29 is 125 Å². The van der Waals surface area contributed by atoms with E-state index in [4.69, 9.17) is 39.5 Å². The number of rotatable bonds is 62. The van der Waals surface area contributed by atoms with Gasteiger partial charge in [0.2, 0.25) is 35.4 Å². The van der Waals surface area contributed by atoms with Gasteiger partial charge in [-0.3, -0.25) is 131 Å². The molecule has 804 valence electrons. The number of hydrogen-bond donors (Lipinski definition) is 32. The van der Waals surface area contributed by atoms with Gasteiger partial charge in [0.05, 0.1) is 60.9 Å². The molecule has 0 saturated heterocycles. The van der Waals surface area contributed by atoms with Gasteiger partial charge in [0.15, 0.2) is 67.4 Å². The maximum Gasteiger partial charge on any atom is 0.259 e. The zero-order valence-corrected chi connectivity index (χ0v) is 81.6. The molecule has 0 bridgehead atoms. The number of primary amides is 3. The number of aldehydes is 9. The van der Waals surface area contributed by atoms with E-state index in [0.29, 0.717) is 37.4 Å². The lowest BCUT2D eigenvalue weighted by Crippen LogP contribution is -2.71. The molecule has 1 aliphatic rings. The number of guanidine groups is 2. The highest BCUT2D eigenvalue weighted by molar-refractivity contribution is 6.01. The molecule has 1 aliphatic heterocycles. The molecule has 20 atom stereocenters. The number of hydrogen-bond acceptors (Lipinski definition) is 37. The number of phenolic OH excluding ortho intramolecular Hbond substituents is 2. The fraction of sp³-hybridized carbons (Fsp3) is 0.495. The van der Waals surface area contributed by atoms with Crippen molar-refractivity contribution in [2.45, 2.75) is 259 Å². The average Bonchev–Trinajstić information content (AvgIpc) is 0.938. The standard InChI is InChI=1S/C91H134N30O26/c1-49(40-122)102-69(78(138)116-71(106-56(43-125)21-17-33-100-89(97)98)80(140)113-68(67(94)136)105-55(42-124)20-16-32-99-88(95)96)114-81(141)72(107-58(45-127)35-53-22-26-62(131)27-23-53)118-83(143)73(108-59(46-128)36-54-24-28-63(132)29-25-54)117-79(139)70(103-50(2)41-123)115-82(142)74(110-60(47-129)37-64(92)133)119-84(144)75(109-57(44-126)34-52-18-12-11-13-19-52)120-87(147)91(6)31-15-10-8-7-9-14-30-90(4,5)86(146)104-51(3)77(137)101-39-66(135)112-76(85(145)121-91)111-61(48-130)38-65(93)134/h7-8,11-13,18-19,22-29,40-51,55-61,68-76,102-103,105-111,131-132H,9-10,14-17,20-21,30-39H2,1-6H3,(H2,92,133)(H2,93,134)(H2,94,136)(H,101,137)(H,104,146)(H,112,135)(H,113,140)(H,114,141)(H,115,142)(H,116,138)(H,117,139)(H,118,143)(H,119,144)(H,120,147)(H,121,145)(H4,95,96,99)(H4,97,98,100)/b8-7-/t49-,50-,51-,55+,56+,57+,58+,59+,60+,61+,68+,69+,70?,71+,72-,73+,74+,75+,76+,91-/m0/s1. The average molecular weight is 2060 g/mol. The summed E-state index contributed by atoms with van der Waals surface area (Å²) in [4.78, 5) is 332. The number of phenols is 2. The lowest BCUT2D eigenvalue weighted by Gasteiger charge is -2.34. The van der Waals surface area contributed by atoms with E-state index in [1.54, 1.807) is 56.3 Å². The van der Waals surface area contributed by atoms with E-state index in [9.17, 15) is 96.5 Å². The van der Waals surface area contributed by atoms with E-state index in [1.807, 2.05) is 0 Å². The van der Waals surface area contributed by atoms with Crippen molar-refractivity contribution in [3.05, 3.63) is 108 Å². The van der Waals surface area contributed by atoms with Gasteiger partial charge < -0.3 is 156 Å². The quantitative estimate of drug-likeness (QED) is 0.00623. The van der Waals surface area contributed by atoms with Crippen molar-refractivity contribution in [1.29, 1.82) is 10.8 Å². The van der Waals surface area contributed by atoms with Gasteiger partial charge in [-0.1, -0.05) is 80.6 Å². The van der Waals surface area contributed by atoms with Crippen molar-refractivity contribution in [3.8, 4) is 11.5 Å². The molecule has 1 heterocycles. The smallest absolute Gasteiger partial charge is 0.259 e. The van der Waals surface area contributed by atoms with E-state index in [1.165, 1.54) is 55.5 Å². The van der Waals surface area contributed by atoms with E-state index < -0.39 is 266 Å². The summed E-state index contributed by atoms with van der Waals surface area (Å²) in [6.07, 6.45) is -17.5. The normalized spacial score (nSPS) is 18.8. The van der Waals surface area contributed by atoms with Crippen molar-refractivity contribution in [3.63, 3.8) is 0 Å². The topological polar surface area (TPSA) is 905 Å². The van der Waals surface area contributed by atoms with Crippen LogP contribution in [0.3, 0.4) is 0 Å². The van der Waals surface area contributed by atoms with Gasteiger partial charge >= 0.3 is 0 Å². The molecule has 3 aromatic carbocycles. The Morgan fingerprint density at radius 1 is 0.422 bits per heavy atom. The molecular weight excluding hydrogens is 1930 g/mol. The number of benzene rings is 3. The van der Waals surface area contributed by atoms with Gasteiger partial charge in [0, 0.05) is 31.3 Å². The number of amides is 15. The van der Waals surface area contributed by atoms with Gasteiger partial charge in [0.1, 0.15) is 79.7 Å². The Morgan fingerprint density at radius 3 is 1.13 bits per heavy atom. The highest BCUT2D eigenvalue weighted by atomic mass is 16.3. The number of nitrogens with two attached hydrogens (primary N) is 5. The number of carbonyl (C=O) groups excluding carboxylic acids is 24. The highest BCUT2D eigenvalue weighted by Gasteiger charge is 2.44. The maximum absolute atomic E-state index is 15.6. The lowest BCUT2D eigenvalue weighted by atomic mass is 9.86. The second kappa shape index (κ2) is 64.1. The zero-order chi connectivity index (χ0) is 110. The first-order valence-corrected chi connectivity index (χ1v) is 46.5. The Balaban J connectivity index is 1.99. The van der Waals surface area contributed by atoms with Crippen LogP contribution in [-0.4, -0.2) is 308 Å². The van der Waals surface area contributed by atoms with Crippen molar-refractivity contribution in [2.75, 3.05) is 19.6 Å². The summed E-state index contributed by atoms with van der Waals surface area (Å²) in [5, 5.41) is 90.9. The number of nitrogens with one attached hydrogen (secondary N) is 25. The minimum atomic E-state index is -2.53. The van der Waals surface area contributed by atoms with Crippen LogP contribution in [0, 0.1) is 16.2 Å². The molecular formula is C91H134N30O26. The summed E-state index contributed by atoms with van der Waals surface area (Å²) in [5.41, 5.74) is 25.0. The van der Waals surface area contributed by atoms with Crippen LogP contribution in [0.15, 0.2) is 91.0 Å². The first-order valence-electron chi connectivity index (χ1n) is 46.5. The molecule has 0 spiro atoms. The Morgan fingerprint density at radius 2 is 0.762 bits per heavy atom. The fourth-order valence-corrected chi connectivity index (χ4v) is 14.1. The van der Waals surface area contributed by atoms with Crippen LogP contribution < -0.4 is 151 Å². The van der Waals surface area contributed by atoms with Crippen molar-refractivity contribution >= 4 is 157 Å². The zero-order valence-electron chi connectivity index (χ0n) is 81.6. The van der Waals surface area contributed by atoms with Gasteiger partial charge in [-0.15, -0.1) is 0 Å². The molecule has 56 nitrogen and oxygen atoms in total. The van der Waals surface area contributed by atoms with E-state index in [-0.39, 0.29) is 125 Å². The number of carbonyl (C=O) groups is 24. The van der Waals surface area contributed by atoms with E-state index >= 15 is 28.8 Å². The van der Waals surface area contributed by atoms with Crippen LogP contribution >= 0.6 is 0 Å². The molecule has 56 heteroatoms. The molecule has 0 fully saturated rings.